The first kappa shape index (κ1) is 17.0. The minimum Gasteiger partial charge on any atom is -0.445 e. The highest BCUT2D eigenvalue weighted by Gasteiger charge is 2.35. The van der Waals surface area contributed by atoms with Gasteiger partial charge in [0.25, 0.3) is 0 Å². The molecule has 0 spiro atoms. The molecule has 0 radical (unpaired) electrons. The lowest BCUT2D eigenvalue weighted by Gasteiger charge is -2.27. The number of ketones is 1. The maximum absolute atomic E-state index is 12.2. The van der Waals surface area contributed by atoms with Crippen molar-refractivity contribution in [3.63, 3.8) is 0 Å². The Bertz CT molecular complexity index is 1020. The Hall–Kier alpha value is -2.84. The number of halogens is 1. The van der Waals surface area contributed by atoms with Gasteiger partial charge in [-0.2, -0.15) is 5.26 Å². The summed E-state index contributed by atoms with van der Waals surface area (Å²) < 4.78 is 5.39. The third-order valence-electron chi connectivity index (χ3n) is 4.25. The average Bonchev–Trinajstić information content (AvgIpc) is 2.53. The molecule has 1 aromatic heterocycles. The lowest BCUT2D eigenvalue weighted by molar-refractivity contribution is -0.114. The van der Waals surface area contributed by atoms with E-state index in [1.807, 2.05) is 31.2 Å². The third kappa shape index (κ3) is 2.86. The average molecular weight is 354 g/mol. The predicted molar refractivity (Wildman–Crippen MR) is 95.5 cm³/mol. The SMILES string of the molecule is CC(=O)C1=C(C)OC(N)=C(C#N)C1c1cc2cc(C)ccc2nc1Cl. The summed E-state index contributed by atoms with van der Waals surface area (Å²) >= 11 is 6.41. The van der Waals surface area contributed by atoms with Gasteiger partial charge in [0.2, 0.25) is 5.88 Å². The molecule has 3 rings (SSSR count). The minimum atomic E-state index is -0.693. The molecule has 0 bridgehead atoms. The number of ether oxygens (including phenoxy) is 1. The van der Waals surface area contributed by atoms with E-state index in [0.717, 1.165) is 16.5 Å². The molecule has 0 fully saturated rings. The summed E-state index contributed by atoms with van der Waals surface area (Å²) in [5.41, 5.74) is 8.78. The van der Waals surface area contributed by atoms with E-state index in [9.17, 15) is 10.1 Å². The van der Waals surface area contributed by atoms with Crippen molar-refractivity contribution >= 4 is 28.3 Å². The zero-order valence-electron chi connectivity index (χ0n) is 14.1. The Kier molecular flexibility index (Phi) is 4.23. The lowest BCUT2D eigenvalue weighted by Crippen LogP contribution is -2.23. The number of benzene rings is 1. The van der Waals surface area contributed by atoms with Gasteiger partial charge in [0.15, 0.2) is 5.78 Å². The van der Waals surface area contributed by atoms with E-state index in [1.54, 1.807) is 6.92 Å². The largest absolute Gasteiger partial charge is 0.445 e. The van der Waals surface area contributed by atoms with Crippen LogP contribution < -0.4 is 5.73 Å². The topological polar surface area (TPSA) is 89.0 Å². The van der Waals surface area contributed by atoms with Crippen LogP contribution in [0.5, 0.6) is 0 Å². The van der Waals surface area contributed by atoms with Crippen LogP contribution in [-0.4, -0.2) is 10.8 Å². The van der Waals surface area contributed by atoms with Gasteiger partial charge in [0.1, 0.15) is 22.6 Å². The molecule has 0 amide bonds. The van der Waals surface area contributed by atoms with Gasteiger partial charge < -0.3 is 10.5 Å². The Morgan fingerprint density at radius 1 is 1.36 bits per heavy atom. The fourth-order valence-corrected chi connectivity index (χ4v) is 3.39. The van der Waals surface area contributed by atoms with Gasteiger partial charge in [0, 0.05) is 16.5 Å². The van der Waals surface area contributed by atoms with Gasteiger partial charge >= 0.3 is 0 Å². The quantitative estimate of drug-likeness (QED) is 0.828. The Morgan fingerprint density at radius 3 is 2.72 bits per heavy atom. The van der Waals surface area contributed by atoms with Crippen molar-refractivity contribution in [2.24, 2.45) is 5.73 Å². The van der Waals surface area contributed by atoms with Gasteiger partial charge in [-0.1, -0.05) is 23.2 Å². The van der Waals surface area contributed by atoms with Crippen molar-refractivity contribution in [1.29, 1.82) is 5.26 Å². The number of nitrogens with two attached hydrogens (primary N) is 1. The molecule has 2 N–H and O–H groups in total. The summed E-state index contributed by atoms with van der Waals surface area (Å²) in [6, 6.07) is 9.71. The number of hydrogen-bond donors (Lipinski definition) is 1. The molecule has 0 saturated heterocycles. The minimum absolute atomic E-state index is 0.0181. The molecule has 2 heterocycles. The number of nitriles is 1. The number of aromatic nitrogens is 1. The smallest absolute Gasteiger partial charge is 0.205 e. The molecule has 0 aliphatic carbocycles. The van der Waals surface area contributed by atoms with Gasteiger partial charge in [-0.15, -0.1) is 0 Å². The summed E-state index contributed by atoms with van der Waals surface area (Å²) in [4.78, 5) is 16.6. The number of carbonyl (C=O) groups is 1. The number of fused-ring (bicyclic) bond motifs is 1. The van der Waals surface area contributed by atoms with Gasteiger partial charge in [-0.3, -0.25) is 4.79 Å². The van der Waals surface area contributed by atoms with Crippen LogP contribution in [0.25, 0.3) is 10.9 Å². The van der Waals surface area contributed by atoms with Crippen LogP contribution in [0.4, 0.5) is 0 Å². The van der Waals surface area contributed by atoms with Gasteiger partial charge in [-0.05, 0) is 39.0 Å². The fraction of sp³-hybridized carbons (Fsp3) is 0.211. The third-order valence-corrected chi connectivity index (χ3v) is 4.55. The highest BCUT2D eigenvalue weighted by molar-refractivity contribution is 6.30. The van der Waals surface area contributed by atoms with E-state index in [4.69, 9.17) is 22.1 Å². The molecular weight excluding hydrogens is 338 g/mol. The van der Waals surface area contributed by atoms with E-state index in [2.05, 4.69) is 11.1 Å². The van der Waals surface area contributed by atoms with E-state index in [1.165, 1.54) is 6.92 Å². The number of rotatable bonds is 2. The maximum atomic E-state index is 12.2. The monoisotopic (exact) mass is 353 g/mol. The number of pyridine rings is 1. The van der Waals surface area contributed by atoms with E-state index in [-0.39, 0.29) is 22.4 Å². The highest BCUT2D eigenvalue weighted by Crippen LogP contribution is 2.42. The van der Waals surface area contributed by atoms with Crippen LogP contribution in [0.1, 0.15) is 30.9 Å². The normalized spacial score (nSPS) is 17.5. The number of carbonyl (C=O) groups excluding carboxylic acids is 1. The Labute approximate surface area is 150 Å². The molecule has 1 unspecified atom stereocenters. The van der Waals surface area contributed by atoms with Crippen molar-refractivity contribution in [3.8, 4) is 6.07 Å². The zero-order valence-corrected chi connectivity index (χ0v) is 14.8. The molecule has 1 aliphatic heterocycles. The molecular formula is C19H16ClN3O2. The molecule has 0 saturated carbocycles. The molecule has 126 valence electrons. The standard InChI is InChI=1S/C19H16ClN3O2/c1-9-4-5-15-12(6-9)7-13(18(20)23-15)17-14(8-21)19(22)25-11(3)16(17)10(2)24/h4-7,17H,22H2,1-3H3. The second kappa shape index (κ2) is 6.23. The number of hydrogen-bond acceptors (Lipinski definition) is 5. The fourth-order valence-electron chi connectivity index (χ4n) is 3.14. The van der Waals surface area contributed by atoms with Gasteiger partial charge in [-0.25, -0.2) is 4.98 Å². The summed E-state index contributed by atoms with van der Waals surface area (Å²) in [5, 5.41) is 10.7. The van der Waals surface area contributed by atoms with Crippen LogP contribution in [0.15, 0.2) is 47.1 Å². The van der Waals surface area contributed by atoms with Crippen molar-refractivity contribution in [3.05, 3.63) is 63.3 Å². The second-order valence-corrected chi connectivity index (χ2v) is 6.37. The van der Waals surface area contributed by atoms with E-state index in [0.29, 0.717) is 16.9 Å². The second-order valence-electron chi connectivity index (χ2n) is 6.02. The maximum Gasteiger partial charge on any atom is 0.205 e. The molecule has 2 aromatic rings. The van der Waals surface area contributed by atoms with Gasteiger partial charge in [0.05, 0.1) is 11.4 Å². The van der Waals surface area contributed by atoms with E-state index < -0.39 is 5.92 Å². The summed E-state index contributed by atoms with van der Waals surface area (Å²) in [5.74, 6) is -0.547. The summed E-state index contributed by atoms with van der Waals surface area (Å²) in [7, 11) is 0. The molecule has 6 heteroatoms. The molecule has 1 aromatic carbocycles. The van der Waals surface area contributed by atoms with Crippen molar-refractivity contribution in [2.75, 3.05) is 0 Å². The number of nitrogens with zero attached hydrogens (tertiary/aromatic N) is 2. The molecule has 1 aliphatic rings. The first-order chi connectivity index (χ1) is 11.8. The summed E-state index contributed by atoms with van der Waals surface area (Å²) in [6.45, 7) is 5.06. The number of aryl methyl sites for hydroxylation is 1. The lowest BCUT2D eigenvalue weighted by atomic mass is 9.82. The van der Waals surface area contributed by atoms with Crippen LogP contribution in [0.2, 0.25) is 5.15 Å². The first-order valence-electron chi connectivity index (χ1n) is 7.69. The zero-order chi connectivity index (χ0) is 18.3. The molecule has 25 heavy (non-hydrogen) atoms. The molecule has 5 nitrogen and oxygen atoms in total. The Morgan fingerprint density at radius 2 is 2.08 bits per heavy atom. The van der Waals surface area contributed by atoms with Crippen LogP contribution in [0.3, 0.4) is 0 Å². The van der Waals surface area contributed by atoms with Crippen LogP contribution >= 0.6 is 11.6 Å². The molecule has 1 atom stereocenters. The summed E-state index contributed by atoms with van der Waals surface area (Å²) in [6.07, 6.45) is 0. The first-order valence-corrected chi connectivity index (χ1v) is 8.07. The number of allylic oxidation sites excluding steroid dienone is 3. The number of Topliss-reactive ketones (excluding diaryl/α,β-unsaturated/α-hetero) is 1. The van der Waals surface area contributed by atoms with Crippen molar-refractivity contribution in [2.45, 2.75) is 26.7 Å². The van der Waals surface area contributed by atoms with E-state index >= 15 is 0 Å². The predicted octanol–water partition coefficient (Wildman–Crippen LogP) is 3.87. The highest BCUT2D eigenvalue weighted by atomic mass is 35.5. The van der Waals surface area contributed by atoms with Crippen LogP contribution in [-0.2, 0) is 9.53 Å². The van der Waals surface area contributed by atoms with Crippen molar-refractivity contribution in [1.82, 2.24) is 4.98 Å². The van der Waals surface area contributed by atoms with Crippen molar-refractivity contribution < 1.29 is 9.53 Å². The van der Waals surface area contributed by atoms with Crippen LogP contribution in [0, 0.1) is 18.3 Å². The Balaban J connectivity index is 2.32.